The molecule has 0 saturated heterocycles. The fraction of sp³-hybridized carbons (Fsp3) is 0.231. The summed E-state index contributed by atoms with van der Waals surface area (Å²) < 4.78 is 30.7. The van der Waals surface area contributed by atoms with Crippen LogP contribution in [0.25, 0.3) is 0 Å². The summed E-state index contributed by atoms with van der Waals surface area (Å²) in [4.78, 5) is 12.0. The first kappa shape index (κ1) is 15.4. The average Bonchev–Trinajstić information content (AvgIpc) is 2.75. The highest BCUT2D eigenvalue weighted by Crippen LogP contribution is 2.16. The molecule has 0 bridgehead atoms. The van der Waals surface area contributed by atoms with Gasteiger partial charge in [0.25, 0.3) is 5.91 Å². The molecule has 1 amide bonds. The molecule has 0 radical (unpaired) electrons. The molecule has 0 aliphatic rings. The largest absolute Gasteiger partial charge is 0.435 e. The zero-order valence-corrected chi connectivity index (χ0v) is 12.6. The molecule has 0 aliphatic carbocycles. The fourth-order valence-electron chi connectivity index (χ4n) is 1.69. The molecular formula is C13H12BrF2N3O2. The lowest BCUT2D eigenvalue weighted by Crippen LogP contribution is -2.24. The molecule has 2 aromatic rings. The number of ether oxygens (including phenoxy) is 1. The van der Waals surface area contributed by atoms with Gasteiger partial charge in [0, 0.05) is 12.6 Å². The lowest BCUT2D eigenvalue weighted by molar-refractivity contribution is -0.0498. The molecular weight excluding hydrogens is 348 g/mol. The van der Waals surface area contributed by atoms with Crippen LogP contribution < -0.4 is 10.1 Å². The van der Waals surface area contributed by atoms with Gasteiger partial charge in [-0.05, 0) is 40.2 Å². The number of nitrogens with one attached hydrogen (secondary N) is 1. The molecule has 1 N–H and O–H groups in total. The third-order valence-corrected chi connectivity index (χ3v) is 3.43. The van der Waals surface area contributed by atoms with Crippen LogP contribution in [0.2, 0.25) is 0 Å². The summed E-state index contributed by atoms with van der Waals surface area (Å²) in [6, 6.07) is 5.48. The van der Waals surface area contributed by atoms with Crippen molar-refractivity contribution in [2.45, 2.75) is 13.2 Å². The first-order valence-corrected chi connectivity index (χ1v) is 6.76. The molecule has 0 aliphatic heterocycles. The number of rotatable bonds is 5. The molecule has 112 valence electrons. The predicted octanol–water partition coefficient (Wildman–Crippen LogP) is 2.71. The van der Waals surface area contributed by atoms with Crippen LogP contribution in [-0.4, -0.2) is 22.3 Å². The Kier molecular flexibility index (Phi) is 4.89. The molecule has 1 aromatic carbocycles. The minimum absolute atomic E-state index is 0.0101. The van der Waals surface area contributed by atoms with E-state index in [1.807, 2.05) is 0 Å². The molecule has 0 spiro atoms. The quantitative estimate of drug-likeness (QED) is 0.892. The Bertz CT molecular complexity index is 609. The van der Waals surface area contributed by atoms with Crippen LogP contribution in [0.4, 0.5) is 8.78 Å². The number of benzene rings is 1. The van der Waals surface area contributed by atoms with E-state index in [0.29, 0.717) is 12.1 Å². The summed E-state index contributed by atoms with van der Waals surface area (Å²) in [6.45, 7) is -2.59. The van der Waals surface area contributed by atoms with Gasteiger partial charge < -0.3 is 10.1 Å². The van der Waals surface area contributed by atoms with Crippen molar-refractivity contribution in [3.05, 3.63) is 46.2 Å². The second-order valence-electron chi connectivity index (χ2n) is 4.15. The van der Waals surface area contributed by atoms with Crippen molar-refractivity contribution in [1.29, 1.82) is 0 Å². The van der Waals surface area contributed by atoms with E-state index in [1.165, 1.54) is 24.3 Å². The topological polar surface area (TPSA) is 56.2 Å². The van der Waals surface area contributed by atoms with Gasteiger partial charge in [-0.3, -0.25) is 9.48 Å². The predicted molar refractivity (Wildman–Crippen MR) is 75.2 cm³/mol. The molecule has 5 nitrogen and oxygen atoms in total. The van der Waals surface area contributed by atoms with Crippen LogP contribution in [0.15, 0.2) is 34.9 Å². The Morgan fingerprint density at radius 2 is 2.10 bits per heavy atom. The van der Waals surface area contributed by atoms with Crippen LogP contribution in [0.3, 0.4) is 0 Å². The van der Waals surface area contributed by atoms with Gasteiger partial charge in [0.1, 0.15) is 5.75 Å². The minimum Gasteiger partial charge on any atom is -0.435 e. The van der Waals surface area contributed by atoms with Gasteiger partial charge in [-0.2, -0.15) is 13.9 Å². The van der Waals surface area contributed by atoms with E-state index in [-0.39, 0.29) is 11.7 Å². The standard InChI is InChI=1S/C13H12BrF2N3O2/c1-19-11(10(14)6-18-19)7-17-12(20)8-2-4-9(5-3-8)21-13(15)16/h2-6,13H,7H2,1H3,(H,17,20). The summed E-state index contributed by atoms with van der Waals surface area (Å²) >= 11 is 3.33. The Balaban J connectivity index is 1.97. The smallest absolute Gasteiger partial charge is 0.387 e. The Labute approximate surface area is 128 Å². The molecule has 0 saturated carbocycles. The lowest BCUT2D eigenvalue weighted by atomic mass is 10.2. The number of carbonyl (C=O) groups is 1. The summed E-state index contributed by atoms with van der Waals surface area (Å²) in [7, 11) is 1.77. The van der Waals surface area contributed by atoms with Gasteiger partial charge in [0.15, 0.2) is 0 Å². The first-order valence-electron chi connectivity index (χ1n) is 5.97. The third-order valence-electron chi connectivity index (χ3n) is 2.77. The highest BCUT2D eigenvalue weighted by Gasteiger charge is 2.10. The molecule has 0 atom stereocenters. The van der Waals surface area contributed by atoms with Crippen molar-refractivity contribution in [1.82, 2.24) is 15.1 Å². The number of aromatic nitrogens is 2. The van der Waals surface area contributed by atoms with Gasteiger partial charge in [-0.15, -0.1) is 0 Å². The van der Waals surface area contributed by atoms with Crippen LogP contribution in [0.1, 0.15) is 16.1 Å². The highest BCUT2D eigenvalue weighted by molar-refractivity contribution is 9.10. The normalized spacial score (nSPS) is 10.7. The maximum absolute atomic E-state index is 12.0. The number of amides is 1. The summed E-state index contributed by atoms with van der Waals surface area (Å²) in [5.74, 6) is -0.303. The van der Waals surface area contributed by atoms with Gasteiger partial charge in [0.2, 0.25) is 0 Å². The van der Waals surface area contributed by atoms with E-state index in [1.54, 1.807) is 17.9 Å². The van der Waals surface area contributed by atoms with Crippen LogP contribution >= 0.6 is 15.9 Å². The number of nitrogens with zero attached hydrogens (tertiary/aromatic N) is 2. The van der Waals surface area contributed by atoms with E-state index in [9.17, 15) is 13.6 Å². The number of carbonyl (C=O) groups excluding carboxylic acids is 1. The monoisotopic (exact) mass is 359 g/mol. The van der Waals surface area contributed by atoms with Gasteiger partial charge in [-0.1, -0.05) is 0 Å². The van der Waals surface area contributed by atoms with Crippen molar-refractivity contribution in [2.24, 2.45) is 7.05 Å². The zero-order valence-electron chi connectivity index (χ0n) is 11.0. The maximum atomic E-state index is 12.0. The zero-order chi connectivity index (χ0) is 15.4. The summed E-state index contributed by atoms with van der Waals surface area (Å²) in [5, 5.41) is 6.76. The van der Waals surface area contributed by atoms with E-state index in [2.05, 4.69) is 31.1 Å². The van der Waals surface area contributed by atoms with Crippen LogP contribution in [-0.2, 0) is 13.6 Å². The second kappa shape index (κ2) is 6.66. The number of alkyl halides is 2. The van der Waals surface area contributed by atoms with Gasteiger partial charge >= 0.3 is 6.61 Å². The second-order valence-corrected chi connectivity index (χ2v) is 5.00. The number of hydrogen-bond acceptors (Lipinski definition) is 3. The molecule has 21 heavy (non-hydrogen) atoms. The number of aryl methyl sites for hydroxylation is 1. The van der Waals surface area contributed by atoms with Gasteiger partial charge in [0.05, 0.1) is 22.9 Å². The van der Waals surface area contributed by atoms with Crippen molar-refractivity contribution in [3.63, 3.8) is 0 Å². The number of halogens is 3. The maximum Gasteiger partial charge on any atom is 0.387 e. The van der Waals surface area contributed by atoms with Crippen molar-refractivity contribution >= 4 is 21.8 Å². The number of hydrogen-bond donors (Lipinski definition) is 1. The van der Waals surface area contributed by atoms with Gasteiger partial charge in [-0.25, -0.2) is 0 Å². The van der Waals surface area contributed by atoms with E-state index >= 15 is 0 Å². The first-order chi connectivity index (χ1) is 9.97. The molecule has 0 fully saturated rings. The molecule has 8 heteroatoms. The van der Waals surface area contributed by atoms with Crippen LogP contribution in [0, 0.1) is 0 Å². The van der Waals surface area contributed by atoms with Crippen molar-refractivity contribution in [3.8, 4) is 5.75 Å². The fourth-order valence-corrected chi connectivity index (χ4v) is 2.18. The summed E-state index contributed by atoms with van der Waals surface area (Å²) in [6.07, 6.45) is 1.64. The molecule has 1 aromatic heterocycles. The Morgan fingerprint density at radius 1 is 1.43 bits per heavy atom. The minimum atomic E-state index is -2.88. The molecule has 1 heterocycles. The van der Waals surface area contributed by atoms with Crippen molar-refractivity contribution in [2.75, 3.05) is 0 Å². The third kappa shape index (κ3) is 4.01. The van der Waals surface area contributed by atoms with E-state index < -0.39 is 6.61 Å². The Hall–Kier alpha value is -1.96. The lowest BCUT2D eigenvalue weighted by Gasteiger charge is -2.08. The average molecular weight is 360 g/mol. The summed E-state index contributed by atoms with van der Waals surface area (Å²) in [5.41, 5.74) is 1.18. The SMILES string of the molecule is Cn1ncc(Br)c1CNC(=O)c1ccc(OC(F)F)cc1. The molecule has 0 unspecified atom stereocenters. The van der Waals surface area contributed by atoms with Crippen LogP contribution in [0.5, 0.6) is 5.75 Å². The molecule has 2 rings (SSSR count). The van der Waals surface area contributed by atoms with Crippen molar-refractivity contribution < 1.29 is 18.3 Å². The highest BCUT2D eigenvalue weighted by atomic mass is 79.9. The van der Waals surface area contributed by atoms with E-state index in [0.717, 1.165) is 10.2 Å². The Morgan fingerprint density at radius 3 is 2.62 bits per heavy atom. The van der Waals surface area contributed by atoms with E-state index in [4.69, 9.17) is 0 Å².